The molecule has 2 unspecified atom stereocenters. The zero-order valence-electron chi connectivity index (χ0n) is 5.66. The predicted octanol–water partition coefficient (Wildman–Crippen LogP) is -1.13. The van der Waals surface area contributed by atoms with E-state index in [4.69, 9.17) is 10.5 Å². The molecule has 0 aliphatic heterocycles. The summed E-state index contributed by atoms with van der Waals surface area (Å²) >= 11 is 0. The Balaban J connectivity index is 2.49. The lowest BCUT2D eigenvalue weighted by molar-refractivity contribution is -0.157. The molecule has 1 aliphatic carbocycles. The number of hydrogen-bond acceptors (Lipinski definition) is 4. The zero-order valence-corrected chi connectivity index (χ0v) is 5.66. The highest BCUT2D eigenvalue weighted by atomic mass is 16.5. The van der Waals surface area contributed by atoms with Crippen LogP contribution in [0.25, 0.3) is 0 Å². The minimum atomic E-state index is -0.715. The summed E-state index contributed by atoms with van der Waals surface area (Å²) in [6.07, 6.45) is -0.669. The first-order valence-electron chi connectivity index (χ1n) is 3.13. The number of hydrogen-bond donors (Lipinski definition) is 1. The molecule has 0 aromatic rings. The van der Waals surface area contributed by atoms with E-state index in [0.717, 1.165) is 0 Å². The summed E-state index contributed by atoms with van der Waals surface area (Å²) < 4.78 is 4.88. The monoisotopic (exact) mass is 143 g/mol. The van der Waals surface area contributed by atoms with Crippen LogP contribution in [0, 0.1) is 0 Å². The molecule has 0 spiro atoms. The van der Waals surface area contributed by atoms with Crippen LogP contribution in [0.2, 0.25) is 0 Å². The van der Waals surface area contributed by atoms with Crippen LogP contribution < -0.4 is 5.73 Å². The first kappa shape index (κ1) is 7.37. The molecule has 0 heterocycles. The van der Waals surface area contributed by atoms with E-state index in [1.807, 2.05) is 0 Å². The Morgan fingerprint density at radius 3 is 2.50 bits per heavy atom. The quantitative estimate of drug-likeness (QED) is 0.496. The first-order valence-corrected chi connectivity index (χ1v) is 3.13. The van der Waals surface area contributed by atoms with E-state index < -0.39 is 23.7 Å². The third-order valence-corrected chi connectivity index (χ3v) is 1.48. The Bertz CT molecular complexity index is 178. The Morgan fingerprint density at radius 1 is 1.50 bits per heavy atom. The van der Waals surface area contributed by atoms with Gasteiger partial charge in [-0.1, -0.05) is 0 Å². The van der Waals surface area contributed by atoms with Gasteiger partial charge in [-0.05, 0) is 6.92 Å². The Hall–Kier alpha value is -0.740. The Kier molecular flexibility index (Phi) is 1.82. The van der Waals surface area contributed by atoms with Gasteiger partial charge >= 0.3 is 0 Å². The molecule has 1 rings (SSSR count). The molecule has 1 saturated carbocycles. The lowest BCUT2D eigenvalue weighted by atomic mass is 9.86. The van der Waals surface area contributed by atoms with Gasteiger partial charge in [-0.2, -0.15) is 0 Å². The van der Waals surface area contributed by atoms with Crippen LogP contribution in [0.15, 0.2) is 0 Å². The zero-order chi connectivity index (χ0) is 7.72. The summed E-state index contributed by atoms with van der Waals surface area (Å²) in [5.74, 6) is -1.01. The van der Waals surface area contributed by atoms with Crippen molar-refractivity contribution in [2.45, 2.75) is 19.1 Å². The molecule has 0 aromatic heterocycles. The smallest absolute Gasteiger partial charge is 0.230 e. The van der Waals surface area contributed by atoms with Crippen molar-refractivity contribution in [2.24, 2.45) is 5.73 Å². The van der Waals surface area contributed by atoms with E-state index in [-0.39, 0.29) is 0 Å². The number of carbonyl (C=O) groups excluding carboxylic acids is 2. The van der Waals surface area contributed by atoms with Crippen molar-refractivity contribution in [1.29, 1.82) is 0 Å². The predicted molar refractivity (Wildman–Crippen MR) is 33.4 cm³/mol. The summed E-state index contributed by atoms with van der Waals surface area (Å²) in [4.78, 5) is 21.1. The van der Waals surface area contributed by atoms with Crippen LogP contribution in [0.4, 0.5) is 0 Å². The second-order valence-corrected chi connectivity index (χ2v) is 2.13. The van der Waals surface area contributed by atoms with Gasteiger partial charge in [-0.25, -0.2) is 0 Å². The van der Waals surface area contributed by atoms with E-state index in [1.54, 1.807) is 6.92 Å². The molecule has 1 fully saturated rings. The van der Waals surface area contributed by atoms with Gasteiger partial charge in [0.15, 0.2) is 0 Å². The van der Waals surface area contributed by atoms with Crippen LogP contribution in [0.1, 0.15) is 6.92 Å². The fourth-order valence-electron chi connectivity index (χ4n) is 0.868. The van der Waals surface area contributed by atoms with Crippen LogP contribution in [-0.2, 0) is 14.3 Å². The van der Waals surface area contributed by atoms with Gasteiger partial charge in [0.1, 0.15) is 12.1 Å². The number of ketones is 2. The van der Waals surface area contributed by atoms with Gasteiger partial charge in [0.25, 0.3) is 0 Å². The average Bonchev–Trinajstić information content (AvgIpc) is 1.98. The molecule has 10 heavy (non-hydrogen) atoms. The molecule has 0 amide bonds. The number of Topliss-reactive ketones (excluding diaryl/α,β-unsaturated/α-hetero) is 2. The summed E-state index contributed by atoms with van der Waals surface area (Å²) in [5.41, 5.74) is 5.25. The Morgan fingerprint density at radius 2 is 2.10 bits per heavy atom. The summed E-state index contributed by atoms with van der Waals surface area (Å²) in [6, 6.07) is -0.715. The number of carbonyl (C=O) groups is 2. The van der Waals surface area contributed by atoms with Crippen LogP contribution in [0.5, 0.6) is 0 Å². The molecule has 4 nitrogen and oxygen atoms in total. The lowest BCUT2D eigenvalue weighted by Crippen LogP contribution is -2.63. The maximum Gasteiger partial charge on any atom is 0.230 e. The number of ether oxygens (including phenoxy) is 1. The molecule has 56 valence electrons. The van der Waals surface area contributed by atoms with Crippen LogP contribution in [-0.4, -0.2) is 30.3 Å². The molecule has 0 radical (unpaired) electrons. The van der Waals surface area contributed by atoms with Crippen molar-refractivity contribution in [2.75, 3.05) is 6.61 Å². The highest BCUT2D eigenvalue weighted by molar-refractivity contribution is 6.48. The summed E-state index contributed by atoms with van der Waals surface area (Å²) in [7, 11) is 0. The van der Waals surface area contributed by atoms with Crippen LogP contribution in [0.3, 0.4) is 0 Å². The van der Waals surface area contributed by atoms with Crippen molar-refractivity contribution >= 4 is 11.6 Å². The van der Waals surface area contributed by atoms with Gasteiger partial charge in [-0.3, -0.25) is 9.59 Å². The normalized spacial score (nSPS) is 32.2. The molecule has 0 aromatic carbocycles. The molecular weight excluding hydrogens is 134 g/mol. The van der Waals surface area contributed by atoms with Crippen LogP contribution >= 0.6 is 0 Å². The van der Waals surface area contributed by atoms with Crippen molar-refractivity contribution in [3.05, 3.63) is 0 Å². The molecule has 0 bridgehead atoms. The van der Waals surface area contributed by atoms with E-state index in [9.17, 15) is 9.59 Å². The topological polar surface area (TPSA) is 69.4 Å². The van der Waals surface area contributed by atoms with Gasteiger partial charge in [0.05, 0.1) is 0 Å². The van der Waals surface area contributed by atoms with Gasteiger partial charge < -0.3 is 10.5 Å². The van der Waals surface area contributed by atoms with Gasteiger partial charge in [-0.15, -0.1) is 0 Å². The van der Waals surface area contributed by atoms with Crippen molar-refractivity contribution in [3.63, 3.8) is 0 Å². The molecule has 1 aliphatic rings. The van der Waals surface area contributed by atoms with E-state index in [2.05, 4.69) is 0 Å². The van der Waals surface area contributed by atoms with E-state index >= 15 is 0 Å². The van der Waals surface area contributed by atoms with Crippen molar-refractivity contribution in [1.82, 2.24) is 0 Å². The average molecular weight is 143 g/mol. The number of nitrogens with two attached hydrogens (primary N) is 1. The SMILES string of the molecule is CCOC1C(=O)C(=O)C1N. The minimum absolute atomic E-state index is 0.414. The van der Waals surface area contributed by atoms with Crippen molar-refractivity contribution in [3.8, 4) is 0 Å². The fraction of sp³-hybridized carbons (Fsp3) is 0.667. The van der Waals surface area contributed by atoms with E-state index in [1.165, 1.54) is 0 Å². The summed E-state index contributed by atoms with van der Waals surface area (Å²) in [5, 5.41) is 0. The maximum atomic E-state index is 10.6. The van der Waals surface area contributed by atoms with Gasteiger partial charge in [0, 0.05) is 6.61 Å². The summed E-state index contributed by atoms with van der Waals surface area (Å²) in [6.45, 7) is 2.17. The molecule has 2 atom stereocenters. The number of rotatable bonds is 2. The highest BCUT2D eigenvalue weighted by Gasteiger charge is 2.47. The minimum Gasteiger partial charge on any atom is -0.368 e. The van der Waals surface area contributed by atoms with Crippen molar-refractivity contribution < 1.29 is 14.3 Å². The second-order valence-electron chi connectivity index (χ2n) is 2.13. The Labute approximate surface area is 58.3 Å². The maximum absolute atomic E-state index is 10.6. The molecule has 2 N–H and O–H groups in total. The third kappa shape index (κ3) is 0.853. The standard InChI is InChI=1S/C6H9NO3/c1-2-10-6-3(7)4(8)5(6)9/h3,6H,2,7H2,1H3. The largest absolute Gasteiger partial charge is 0.368 e. The molecule has 0 saturated heterocycles. The van der Waals surface area contributed by atoms with E-state index in [0.29, 0.717) is 6.61 Å². The lowest BCUT2D eigenvalue weighted by Gasteiger charge is -2.28. The van der Waals surface area contributed by atoms with Gasteiger partial charge in [0.2, 0.25) is 11.6 Å². The molecule has 4 heteroatoms. The molecular formula is C6H9NO3. The fourth-order valence-corrected chi connectivity index (χ4v) is 0.868. The highest BCUT2D eigenvalue weighted by Crippen LogP contribution is 2.12. The second kappa shape index (κ2) is 2.48. The first-order chi connectivity index (χ1) is 4.68. The third-order valence-electron chi connectivity index (χ3n) is 1.48.